The number of nitrogens with one attached hydrogen (secondary N) is 1. The zero-order chi connectivity index (χ0) is 12.3. The highest BCUT2D eigenvalue weighted by molar-refractivity contribution is 9.10. The van der Waals surface area contributed by atoms with E-state index in [9.17, 15) is 13.2 Å². The Labute approximate surface area is 101 Å². The zero-order valence-electron chi connectivity index (χ0n) is 9.03. The SMILES string of the molecule is CC(C)CNc1ccc(Br)cc1C(F)(F)F. The number of alkyl halides is 3. The van der Waals surface area contributed by atoms with Crippen molar-refractivity contribution >= 4 is 21.6 Å². The van der Waals surface area contributed by atoms with E-state index in [2.05, 4.69) is 21.2 Å². The van der Waals surface area contributed by atoms with Crippen LogP contribution in [0.5, 0.6) is 0 Å². The van der Waals surface area contributed by atoms with E-state index in [4.69, 9.17) is 0 Å². The average Bonchev–Trinajstić information content (AvgIpc) is 2.14. The summed E-state index contributed by atoms with van der Waals surface area (Å²) in [5.41, 5.74) is -0.507. The third-order valence-corrected chi connectivity index (χ3v) is 2.48. The van der Waals surface area contributed by atoms with Crippen molar-refractivity contribution in [3.63, 3.8) is 0 Å². The minimum absolute atomic E-state index is 0.129. The minimum atomic E-state index is -4.33. The lowest BCUT2D eigenvalue weighted by molar-refractivity contribution is -0.137. The molecule has 0 aliphatic heterocycles. The van der Waals surface area contributed by atoms with Gasteiger partial charge in [0.15, 0.2) is 0 Å². The van der Waals surface area contributed by atoms with Crippen LogP contribution in [-0.4, -0.2) is 6.54 Å². The molecule has 16 heavy (non-hydrogen) atoms. The van der Waals surface area contributed by atoms with Crippen molar-refractivity contribution in [2.75, 3.05) is 11.9 Å². The van der Waals surface area contributed by atoms with Crippen LogP contribution in [0.2, 0.25) is 0 Å². The van der Waals surface area contributed by atoms with E-state index in [-0.39, 0.29) is 5.69 Å². The quantitative estimate of drug-likeness (QED) is 0.863. The lowest BCUT2D eigenvalue weighted by Gasteiger charge is -2.16. The maximum Gasteiger partial charge on any atom is 0.418 e. The molecular weight excluding hydrogens is 283 g/mol. The van der Waals surface area contributed by atoms with Crippen LogP contribution in [0.4, 0.5) is 18.9 Å². The summed E-state index contributed by atoms with van der Waals surface area (Å²) in [6.45, 7) is 4.41. The van der Waals surface area contributed by atoms with Gasteiger partial charge in [-0.05, 0) is 24.1 Å². The standard InChI is InChI=1S/C11H13BrF3N/c1-7(2)6-16-10-4-3-8(12)5-9(10)11(13,14)15/h3-5,7,16H,6H2,1-2H3. The summed E-state index contributed by atoms with van der Waals surface area (Å²) in [5.74, 6) is 0.296. The molecule has 0 aliphatic rings. The molecule has 0 saturated heterocycles. The molecule has 0 bridgehead atoms. The molecule has 0 spiro atoms. The lowest BCUT2D eigenvalue weighted by atomic mass is 10.1. The van der Waals surface area contributed by atoms with Gasteiger partial charge < -0.3 is 5.32 Å². The van der Waals surface area contributed by atoms with Crippen LogP contribution in [0.25, 0.3) is 0 Å². The Balaban J connectivity index is 2.99. The highest BCUT2D eigenvalue weighted by Crippen LogP contribution is 2.36. The van der Waals surface area contributed by atoms with Crippen LogP contribution >= 0.6 is 15.9 Å². The Hall–Kier alpha value is -0.710. The molecule has 1 nitrogen and oxygen atoms in total. The second-order valence-corrected chi connectivity index (χ2v) is 4.88. The van der Waals surface area contributed by atoms with Gasteiger partial charge in [-0.2, -0.15) is 13.2 Å². The summed E-state index contributed by atoms with van der Waals surface area (Å²) in [7, 11) is 0. The maximum atomic E-state index is 12.7. The molecule has 0 saturated carbocycles. The van der Waals surface area contributed by atoms with Crippen LogP contribution in [0.3, 0.4) is 0 Å². The average molecular weight is 296 g/mol. The summed E-state index contributed by atoms with van der Waals surface area (Å²) in [4.78, 5) is 0. The number of rotatable bonds is 3. The van der Waals surface area contributed by atoms with E-state index in [1.165, 1.54) is 6.07 Å². The Morgan fingerprint density at radius 2 is 1.94 bits per heavy atom. The van der Waals surface area contributed by atoms with Crippen LogP contribution in [0.15, 0.2) is 22.7 Å². The predicted molar refractivity (Wildman–Crippen MR) is 62.5 cm³/mol. The first kappa shape index (κ1) is 13.4. The van der Waals surface area contributed by atoms with Gasteiger partial charge in [-0.15, -0.1) is 0 Å². The van der Waals surface area contributed by atoms with Gasteiger partial charge in [-0.25, -0.2) is 0 Å². The smallest absolute Gasteiger partial charge is 0.384 e. The Morgan fingerprint density at radius 1 is 1.31 bits per heavy atom. The van der Waals surface area contributed by atoms with Crippen molar-refractivity contribution in [1.82, 2.24) is 0 Å². The van der Waals surface area contributed by atoms with E-state index in [0.717, 1.165) is 6.07 Å². The Kier molecular flexibility index (Phi) is 4.24. The van der Waals surface area contributed by atoms with E-state index in [1.54, 1.807) is 6.07 Å². The lowest BCUT2D eigenvalue weighted by Crippen LogP contribution is -2.14. The largest absolute Gasteiger partial charge is 0.418 e. The van der Waals surface area contributed by atoms with E-state index in [0.29, 0.717) is 16.9 Å². The molecule has 1 N–H and O–H groups in total. The second-order valence-electron chi connectivity index (χ2n) is 3.96. The highest BCUT2D eigenvalue weighted by atomic mass is 79.9. The predicted octanol–water partition coefficient (Wildman–Crippen LogP) is 4.54. The summed E-state index contributed by atoms with van der Waals surface area (Å²) in [5, 5.41) is 2.81. The van der Waals surface area contributed by atoms with Crippen molar-refractivity contribution in [3.8, 4) is 0 Å². The molecule has 0 aliphatic carbocycles. The molecule has 1 rings (SSSR count). The molecule has 0 aromatic heterocycles. The van der Waals surface area contributed by atoms with Gasteiger partial charge in [0, 0.05) is 16.7 Å². The zero-order valence-corrected chi connectivity index (χ0v) is 10.6. The third kappa shape index (κ3) is 3.70. The number of benzene rings is 1. The number of halogens is 4. The van der Waals surface area contributed by atoms with Crippen molar-refractivity contribution in [1.29, 1.82) is 0 Å². The fourth-order valence-electron chi connectivity index (χ4n) is 1.22. The van der Waals surface area contributed by atoms with Gasteiger partial charge in [0.2, 0.25) is 0 Å². The Morgan fingerprint density at radius 3 is 2.44 bits per heavy atom. The van der Waals surface area contributed by atoms with Gasteiger partial charge >= 0.3 is 6.18 Å². The molecule has 1 aromatic carbocycles. The van der Waals surface area contributed by atoms with Crippen LogP contribution in [0, 0.1) is 5.92 Å². The van der Waals surface area contributed by atoms with Crippen molar-refractivity contribution in [3.05, 3.63) is 28.2 Å². The fourth-order valence-corrected chi connectivity index (χ4v) is 1.58. The molecule has 5 heteroatoms. The molecule has 1 aromatic rings. The van der Waals surface area contributed by atoms with E-state index < -0.39 is 11.7 Å². The summed E-state index contributed by atoms with van der Waals surface area (Å²) < 4.78 is 38.5. The van der Waals surface area contributed by atoms with Crippen molar-refractivity contribution in [2.24, 2.45) is 5.92 Å². The monoisotopic (exact) mass is 295 g/mol. The number of hydrogen-bond acceptors (Lipinski definition) is 1. The molecule has 0 radical (unpaired) electrons. The summed E-state index contributed by atoms with van der Waals surface area (Å²) >= 11 is 3.04. The first-order valence-corrected chi connectivity index (χ1v) is 5.70. The third-order valence-electron chi connectivity index (χ3n) is 1.99. The maximum absolute atomic E-state index is 12.7. The molecule has 0 fully saturated rings. The Bertz CT molecular complexity index is 361. The molecule has 0 atom stereocenters. The fraction of sp³-hybridized carbons (Fsp3) is 0.455. The van der Waals surface area contributed by atoms with E-state index >= 15 is 0 Å². The molecule has 90 valence electrons. The topological polar surface area (TPSA) is 12.0 Å². The van der Waals surface area contributed by atoms with Gasteiger partial charge in [-0.1, -0.05) is 29.8 Å². The van der Waals surface area contributed by atoms with Crippen molar-refractivity contribution in [2.45, 2.75) is 20.0 Å². The molecule has 0 amide bonds. The molecule has 0 heterocycles. The minimum Gasteiger partial charge on any atom is -0.384 e. The normalized spacial score (nSPS) is 11.9. The van der Waals surface area contributed by atoms with Crippen LogP contribution in [0.1, 0.15) is 19.4 Å². The van der Waals surface area contributed by atoms with Crippen LogP contribution < -0.4 is 5.32 Å². The second kappa shape index (κ2) is 5.08. The number of anilines is 1. The van der Waals surface area contributed by atoms with Gasteiger partial charge in [-0.3, -0.25) is 0 Å². The first-order chi connectivity index (χ1) is 7.30. The number of hydrogen-bond donors (Lipinski definition) is 1. The highest BCUT2D eigenvalue weighted by Gasteiger charge is 2.33. The first-order valence-electron chi connectivity index (χ1n) is 4.91. The van der Waals surface area contributed by atoms with Gasteiger partial charge in [0.25, 0.3) is 0 Å². The summed E-state index contributed by atoms with van der Waals surface area (Å²) in [6, 6.07) is 4.12. The molecule has 0 unspecified atom stereocenters. The van der Waals surface area contributed by atoms with Crippen molar-refractivity contribution < 1.29 is 13.2 Å². The van der Waals surface area contributed by atoms with Gasteiger partial charge in [0.1, 0.15) is 0 Å². The van der Waals surface area contributed by atoms with E-state index in [1.807, 2.05) is 13.8 Å². The van der Waals surface area contributed by atoms with Gasteiger partial charge in [0.05, 0.1) is 5.56 Å². The summed E-state index contributed by atoms with van der Waals surface area (Å²) in [6.07, 6.45) is -4.33. The van der Waals surface area contributed by atoms with Crippen LogP contribution in [-0.2, 0) is 6.18 Å². The molecular formula is C11H13BrF3N.